The lowest BCUT2D eigenvalue weighted by atomic mass is 10.0. The highest BCUT2D eigenvalue weighted by atomic mass is 35.5. The molecule has 3 nitrogen and oxygen atoms in total. The molecule has 1 saturated heterocycles. The zero-order valence-corrected chi connectivity index (χ0v) is 11.1. The SMILES string of the molecule is CC(C)[C@H]1CN(CC(C)(C)O)CCN1.Cl. The van der Waals surface area contributed by atoms with Crippen LogP contribution in [0.1, 0.15) is 27.7 Å². The van der Waals surface area contributed by atoms with Gasteiger partial charge in [-0.2, -0.15) is 0 Å². The van der Waals surface area contributed by atoms with Crippen LogP contribution in [0.4, 0.5) is 0 Å². The number of β-amino-alcohol motifs (C(OH)–C–C–N with tert-alkyl or cyclic N) is 1. The Morgan fingerprint density at radius 2 is 2.07 bits per heavy atom. The van der Waals surface area contributed by atoms with Gasteiger partial charge in [0.05, 0.1) is 5.60 Å². The first-order chi connectivity index (χ1) is 6.38. The van der Waals surface area contributed by atoms with Crippen LogP contribution in [-0.2, 0) is 0 Å². The van der Waals surface area contributed by atoms with E-state index in [1.54, 1.807) is 0 Å². The highest BCUT2D eigenvalue weighted by molar-refractivity contribution is 5.85. The van der Waals surface area contributed by atoms with Crippen molar-refractivity contribution in [3.63, 3.8) is 0 Å². The minimum atomic E-state index is -0.571. The molecule has 1 heterocycles. The summed E-state index contributed by atoms with van der Waals surface area (Å²) in [7, 11) is 0. The summed E-state index contributed by atoms with van der Waals surface area (Å²) in [6.07, 6.45) is 0. The first-order valence-electron chi connectivity index (χ1n) is 5.56. The zero-order chi connectivity index (χ0) is 10.8. The molecule has 0 aliphatic carbocycles. The maximum Gasteiger partial charge on any atom is 0.0718 e. The third kappa shape index (κ3) is 5.71. The Morgan fingerprint density at radius 3 is 2.53 bits per heavy atom. The first kappa shape index (κ1) is 15.2. The van der Waals surface area contributed by atoms with Gasteiger partial charge in [0.15, 0.2) is 0 Å². The number of piperazine rings is 1. The maximum absolute atomic E-state index is 9.73. The summed E-state index contributed by atoms with van der Waals surface area (Å²) in [5, 5.41) is 13.2. The summed E-state index contributed by atoms with van der Waals surface area (Å²) in [5.41, 5.74) is -0.571. The normalized spacial score (nSPS) is 24.0. The van der Waals surface area contributed by atoms with Gasteiger partial charge in [0.1, 0.15) is 0 Å². The van der Waals surface area contributed by atoms with Crippen molar-refractivity contribution in [1.82, 2.24) is 10.2 Å². The van der Waals surface area contributed by atoms with Gasteiger partial charge in [-0.3, -0.25) is 4.90 Å². The summed E-state index contributed by atoms with van der Waals surface area (Å²) in [6, 6.07) is 0.575. The lowest BCUT2D eigenvalue weighted by molar-refractivity contribution is 0.0237. The number of hydrogen-bond donors (Lipinski definition) is 2. The van der Waals surface area contributed by atoms with E-state index in [9.17, 15) is 5.11 Å². The maximum atomic E-state index is 9.73. The second-order valence-electron chi connectivity index (χ2n) is 5.35. The largest absolute Gasteiger partial charge is 0.389 e. The van der Waals surface area contributed by atoms with E-state index in [0.29, 0.717) is 12.0 Å². The van der Waals surface area contributed by atoms with Crippen molar-refractivity contribution in [1.29, 1.82) is 0 Å². The average Bonchev–Trinajstić information content (AvgIpc) is 2.01. The van der Waals surface area contributed by atoms with Crippen LogP contribution in [0.5, 0.6) is 0 Å². The quantitative estimate of drug-likeness (QED) is 0.771. The minimum Gasteiger partial charge on any atom is -0.389 e. The van der Waals surface area contributed by atoms with E-state index in [1.807, 2.05) is 13.8 Å². The Hall–Kier alpha value is 0.170. The van der Waals surface area contributed by atoms with Gasteiger partial charge in [-0.25, -0.2) is 0 Å². The molecule has 0 unspecified atom stereocenters. The summed E-state index contributed by atoms with van der Waals surface area (Å²) >= 11 is 0. The summed E-state index contributed by atoms with van der Waals surface area (Å²) in [6.45, 7) is 12.2. The van der Waals surface area contributed by atoms with Crippen LogP contribution in [0.3, 0.4) is 0 Å². The lowest BCUT2D eigenvalue weighted by Crippen LogP contribution is -2.55. The number of nitrogens with one attached hydrogen (secondary N) is 1. The van der Waals surface area contributed by atoms with Crippen LogP contribution in [0, 0.1) is 5.92 Å². The van der Waals surface area contributed by atoms with Gasteiger partial charge in [0, 0.05) is 32.2 Å². The predicted octanol–water partition coefficient (Wildman–Crippen LogP) is 1.11. The standard InChI is InChI=1S/C11H24N2O.ClH/c1-9(2)10-7-13(6-5-12-10)8-11(3,4)14;/h9-10,12,14H,5-8H2,1-4H3;1H/t10-;/m1./s1. The topological polar surface area (TPSA) is 35.5 Å². The minimum absolute atomic E-state index is 0. The third-order valence-electron chi connectivity index (χ3n) is 2.70. The van der Waals surface area contributed by atoms with Crippen LogP contribution < -0.4 is 5.32 Å². The summed E-state index contributed by atoms with van der Waals surface area (Å²) in [4.78, 5) is 2.35. The highest BCUT2D eigenvalue weighted by Gasteiger charge is 2.25. The molecule has 1 aliphatic heterocycles. The van der Waals surface area contributed by atoms with Gasteiger partial charge < -0.3 is 10.4 Å². The van der Waals surface area contributed by atoms with E-state index < -0.39 is 5.60 Å². The van der Waals surface area contributed by atoms with Crippen molar-refractivity contribution in [3.8, 4) is 0 Å². The molecule has 1 aliphatic rings. The van der Waals surface area contributed by atoms with Crippen molar-refractivity contribution in [2.45, 2.75) is 39.3 Å². The van der Waals surface area contributed by atoms with Crippen LogP contribution in [0.15, 0.2) is 0 Å². The number of rotatable bonds is 3. The Bertz CT molecular complexity index is 180. The van der Waals surface area contributed by atoms with Crippen LogP contribution in [0.25, 0.3) is 0 Å². The Kier molecular flexibility index (Phi) is 6.11. The number of aliphatic hydroxyl groups is 1. The van der Waals surface area contributed by atoms with Crippen molar-refractivity contribution in [3.05, 3.63) is 0 Å². The van der Waals surface area contributed by atoms with Crippen molar-refractivity contribution in [2.24, 2.45) is 5.92 Å². The molecular weight excluding hydrogens is 212 g/mol. The van der Waals surface area contributed by atoms with Gasteiger partial charge in [0.2, 0.25) is 0 Å². The number of hydrogen-bond acceptors (Lipinski definition) is 3. The third-order valence-corrected chi connectivity index (χ3v) is 2.70. The van der Waals surface area contributed by atoms with E-state index >= 15 is 0 Å². The molecule has 15 heavy (non-hydrogen) atoms. The highest BCUT2D eigenvalue weighted by Crippen LogP contribution is 2.11. The molecule has 0 amide bonds. The monoisotopic (exact) mass is 236 g/mol. The Labute approximate surface area is 99.6 Å². The molecule has 0 radical (unpaired) electrons. The fourth-order valence-electron chi connectivity index (χ4n) is 1.98. The average molecular weight is 237 g/mol. The molecule has 1 rings (SSSR count). The van der Waals surface area contributed by atoms with Gasteiger partial charge >= 0.3 is 0 Å². The molecule has 1 fully saturated rings. The predicted molar refractivity (Wildman–Crippen MR) is 66.6 cm³/mol. The van der Waals surface area contributed by atoms with Crippen molar-refractivity contribution in [2.75, 3.05) is 26.2 Å². The molecule has 1 atom stereocenters. The van der Waals surface area contributed by atoms with Crippen LogP contribution in [0.2, 0.25) is 0 Å². The second-order valence-corrected chi connectivity index (χ2v) is 5.35. The summed E-state index contributed by atoms with van der Waals surface area (Å²) < 4.78 is 0. The van der Waals surface area contributed by atoms with Crippen molar-refractivity contribution < 1.29 is 5.11 Å². The summed E-state index contributed by atoms with van der Waals surface area (Å²) in [5.74, 6) is 0.666. The van der Waals surface area contributed by atoms with Gasteiger partial charge in [-0.15, -0.1) is 12.4 Å². The zero-order valence-electron chi connectivity index (χ0n) is 10.3. The molecule has 0 spiro atoms. The number of nitrogens with zero attached hydrogens (tertiary/aromatic N) is 1. The molecule has 4 heteroatoms. The van der Waals surface area contributed by atoms with E-state index in [1.165, 1.54) is 0 Å². The lowest BCUT2D eigenvalue weighted by Gasteiger charge is -2.38. The van der Waals surface area contributed by atoms with E-state index in [4.69, 9.17) is 0 Å². The van der Waals surface area contributed by atoms with Gasteiger partial charge in [0.25, 0.3) is 0 Å². The van der Waals surface area contributed by atoms with Gasteiger partial charge in [-0.05, 0) is 19.8 Å². The number of halogens is 1. The molecular formula is C11H25ClN2O. The molecule has 0 aromatic carbocycles. The Morgan fingerprint density at radius 1 is 1.47 bits per heavy atom. The fourth-order valence-corrected chi connectivity index (χ4v) is 1.98. The van der Waals surface area contributed by atoms with E-state index in [-0.39, 0.29) is 12.4 Å². The smallest absolute Gasteiger partial charge is 0.0718 e. The second kappa shape index (κ2) is 6.04. The molecule has 0 saturated carbocycles. The molecule has 0 bridgehead atoms. The fraction of sp³-hybridized carbons (Fsp3) is 1.00. The van der Waals surface area contributed by atoms with Gasteiger partial charge in [-0.1, -0.05) is 13.8 Å². The molecule has 0 aromatic heterocycles. The van der Waals surface area contributed by atoms with E-state index in [0.717, 1.165) is 26.2 Å². The van der Waals surface area contributed by atoms with E-state index in [2.05, 4.69) is 24.1 Å². The van der Waals surface area contributed by atoms with Crippen LogP contribution in [-0.4, -0.2) is 47.8 Å². The van der Waals surface area contributed by atoms with Crippen LogP contribution >= 0.6 is 12.4 Å². The molecule has 0 aromatic rings. The molecule has 2 N–H and O–H groups in total. The first-order valence-corrected chi connectivity index (χ1v) is 5.56. The Balaban J connectivity index is 0.00000196. The van der Waals surface area contributed by atoms with Crippen molar-refractivity contribution >= 4 is 12.4 Å². The molecule has 92 valence electrons.